The van der Waals surface area contributed by atoms with Crippen LogP contribution in [0.3, 0.4) is 0 Å². The van der Waals surface area contributed by atoms with Gasteiger partial charge in [0.15, 0.2) is 33.9 Å². The predicted octanol–water partition coefficient (Wildman–Crippen LogP) is 2.21. The predicted molar refractivity (Wildman–Crippen MR) is 59.8 cm³/mol. The molecule has 0 aliphatic carbocycles. The number of anilines is 1. The van der Waals surface area contributed by atoms with Gasteiger partial charge in [-0.15, -0.1) is 0 Å². The lowest BCUT2D eigenvalue weighted by molar-refractivity contribution is 0.109. The highest BCUT2D eigenvalue weighted by Crippen LogP contribution is 2.27. The molecular weight excluding hydrogens is 245 g/mol. The lowest BCUT2D eigenvalue weighted by Crippen LogP contribution is -1.98. The summed E-state index contributed by atoms with van der Waals surface area (Å²) in [7, 11) is 1.57. The van der Waals surface area contributed by atoms with Crippen LogP contribution in [0.2, 0.25) is 0 Å². The van der Waals surface area contributed by atoms with Crippen molar-refractivity contribution in [1.29, 1.82) is 0 Å². The fraction of sp³-hybridized carbons (Fsp3) is 0.100. The number of nitrogens with one attached hydrogen (secondary N) is 1. The maximum absolute atomic E-state index is 13.1. The number of aldehydes is 1. The molecule has 0 radical (unpaired) electrons. The summed E-state index contributed by atoms with van der Waals surface area (Å²) < 4.78 is 18.2. The minimum atomic E-state index is -0.523. The quantitative estimate of drug-likeness (QED) is 0.665. The molecule has 0 spiro atoms. The monoisotopic (exact) mass is 253 g/mol. The zero-order chi connectivity index (χ0) is 12.3. The van der Waals surface area contributed by atoms with Crippen molar-refractivity contribution in [3.63, 3.8) is 0 Å². The topological polar surface area (TPSA) is 68.0 Å². The standard InChI is InChI=1S/C10H8FN3O2S/c1-12-9-7(11)4-13-10(14-9)17-8-3-2-6(5-15)16-8/h2-5H,1H3,(H,12,13,14). The molecule has 0 amide bonds. The fourth-order valence-electron chi connectivity index (χ4n) is 1.12. The molecular formula is C10H8FN3O2S. The van der Waals surface area contributed by atoms with Crippen molar-refractivity contribution >= 4 is 23.9 Å². The summed E-state index contributed by atoms with van der Waals surface area (Å²) in [5, 5.41) is 3.42. The normalized spacial score (nSPS) is 10.2. The summed E-state index contributed by atoms with van der Waals surface area (Å²) in [6.45, 7) is 0. The number of furan rings is 1. The molecule has 2 heterocycles. The fourth-order valence-corrected chi connectivity index (χ4v) is 1.81. The molecule has 2 rings (SSSR count). The van der Waals surface area contributed by atoms with Gasteiger partial charge >= 0.3 is 0 Å². The Morgan fingerprint density at radius 1 is 1.53 bits per heavy atom. The summed E-state index contributed by atoms with van der Waals surface area (Å²) in [5.74, 6) is -0.182. The number of aromatic nitrogens is 2. The summed E-state index contributed by atoms with van der Waals surface area (Å²) >= 11 is 1.11. The van der Waals surface area contributed by atoms with Gasteiger partial charge in [-0.1, -0.05) is 0 Å². The molecule has 0 saturated heterocycles. The van der Waals surface area contributed by atoms with Crippen molar-refractivity contribution < 1.29 is 13.6 Å². The van der Waals surface area contributed by atoms with E-state index in [1.54, 1.807) is 13.1 Å². The molecule has 2 aromatic heterocycles. The van der Waals surface area contributed by atoms with Crippen LogP contribution in [-0.2, 0) is 0 Å². The first-order valence-electron chi connectivity index (χ1n) is 4.66. The molecule has 0 unspecified atom stereocenters. The van der Waals surface area contributed by atoms with Gasteiger partial charge in [-0.3, -0.25) is 4.79 Å². The molecule has 2 aromatic rings. The third-order valence-electron chi connectivity index (χ3n) is 1.87. The Hall–Kier alpha value is -1.89. The number of rotatable bonds is 4. The molecule has 1 N–H and O–H groups in total. The van der Waals surface area contributed by atoms with E-state index in [0.29, 0.717) is 16.5 Å². The summed E-state index contributed by atoms with van der Waals surface area (Å²) in [6, 6.07) is 3.16. The van der Waals surface area contributed by atoms with E-state index in [4.69, 9.17) is 4.42 Å². The number of carbonyl (C=O) groups excluding carboxylic acids is 1. The van der Waals surface area contributed by atoms with E-state index in [2.05, 4.69) is 15.3 Å². The molecule has 0 aliphatic heterocycles. The van der Waals surface area contributed by atoms with Crippen LogP contribution in [0.15, 0.2) is 33.0 Å². The Morgan fingerprint density at radius 3 is 3.00 bits per heavy atom. The average Bonchev–Trinajstić information content (AvgIpc) is 2.79. The highest BCUT2D eigenvalue weighted by molar-refractivity contribution is 7.99. The minimum absolute atomic E-state index is 0.115. The molecule has 0 bridgehead atoms. The van der Waals surface area contributed by atoms with Crippen LogP contribution < -0.4 is 5.32 Å². The maximum atomic E-state index is 13.1. The Kier molecular flexibility index (Phi) is 3.38. The number of nitrogens with zero attached hydrogens (tertiary/aromatic N) is 2. The second-order valence-corrected chi connectivity index (χ2v) is 3.95. The Balaban J connectivity index is 2.20. The van der Waals surface area contributed by atoms with Crippen LogP contribution in [0.25, 0.3) is 0 Å². The van der Waals surface area contributed by atoms with E-state index in [9.17, 15) is 9.18 Å². The SMILES string of the molecule is CNc1nc(Sc2ccc(C=O)o2)ncc1F. The van der Waals surface area contributed by atoms with Crippen molar-refractivity contribution in [2.75, 3.05) is 12.4 Å². The van der Waals surface area contributed by atoms with E-state index in [-0.39, 0.29) is 11.6 Å². The molecule has 0 aliphatic rings. The van der Waals surface area contributed by atoms with Gasteiger partial charge in [0.1, 0.15) is 0 Å². The highest BCUT2D eigenvalue weighted by Gasteiger charge is 2.09. The summed E-state index contributed by atoms with van der Waals surface area (Å²) in [6.07, 6.45) is 1.68. The molecule has 0 atom stereocenters. The first-order chi connectivity index (χ1) is 8.22. The molecule has 7 heteroatoms. The van der Waals surface area contributed by atoms with Crippen LogP contribution in [0.4, 0.5) is 10.2 Å². The van der Waals surface area contributed by atoms with Crippen molar-refractivity contribution in [1.82, 2.24) is 9.97 Å². The van der Waals surface area contributed by atoms with Crippen LogP contribution in [0.5, 0.6) is 0 Å². The number of hydrogen-bond acceptors (Lipinski definition) is 6. The van der Waals surface area contributed by atoms with Crippen LogP contribution >= 0.6 is 11.8 Å². The molecule has 88 valence electrons. The molecule has 0 fully saturated rings. The lowest BCUT2D eigenvalue weighted by atomic mass is 10.5. The minimum Gasteiger partial charge on any atom is -0.447 e. The molecule has 0 aromatic carbocycles. The van der Waals surface area contributed by atoms with Gasteiger partial charge in [-0.05, 0) is 23.9 Å². The van der Waals surface area contributed by atoms with Crippen LogP contribution in [0.1, 0.15) is 10.6 Å². The third-order valence-corrected chi connectivity index (χ3v) is 2.67. The smallest absolute Gasteiger partial charge is 0.197 e. The number of hydrogen-bond donors (Lipinski definition) is 1. The maximum Gasteiger partial charge on any atom is 0.197 e. The van der Waals surface area contributed by atoms with Gasteiger partial charge in [0.25, 0.3) is 0 Å². The summed E-state index contributed by atoms with van der Waals surface area (Å²) in [4.78, 5) is 18.2. The van der Waals surface area contributed by atoms with Gasteiger partial charge < -0.3 is 9.73 Å². The molecule has 0 saturated carbocycles. The highest BCUT2D eigenvalue weighted by atomic mass is 32.2. The Bertz CT molecular complexity index is 544. The number of carbonyl (C=O) groups is 1. The second kappa shape index (κ2) is 4.96. The summed E-state index contributed by atoms with van der Waals surface area (Å²) in [5.41, 5.74) is 0. The largest absolute Gasteiger partial charge is 0.447 e. The van der Waals surface area contributed by atoms with Gasteiger partial charge in [-0.2, -0.15) is 0 Å². The van der Waals surface area contributed by atoms with Gasteiger partial charge in [0.2, 0.25) is 0 Å². The van der Waals surface area contributed by atoms with Crippen molar-refractivity contribution in [3.05, 3.63) is 29.9 Å². The van der Waals surface area contributed by atoms with E-state index in [0.717, 1.165) is 18.0 Å². The number of halogens is 1. The first-order valence-corrected chi connectivity index (χ1v) is 5.47. The van der Waals surface area contributed by atoms with Gasteiger partial charge in [0, 0.05) is 7.05 Å². The third kappa shape index (κ3) is 2.62. The van der Waals surface area contributed by atoms with Crippen molar-refractivity contribution in [3.8, 4) is 0 Å². The van der Waals surface area contributed by atoms with Crippen molar-refractivity contribution in [2.45, 2.75) is 10.2 Å². The second-order valence-electron chi connectivity index (χ2n) is 2.98. The van der Waals surface area contributed by atoms with Crippen molar-refractivity contribution in [2.24, 2.45) is 0 Å². The van der Waals surface area contributed by atoms with E-state index in [1.165, 1.54) is 6.07 Å². The zero-order valence-corrected chi connectivity index (χ0v) is 9.62. The zero-order valence-electron chi connectivity index (χ0n) is 8.81. The van der Waals surface area contributed by atoms with Gasteiger partial charge in [-0.25, -0.2) is 14.4 Å². The Morgan fingerprint density at radius 2 is 2.35 bits per heavy atom. The van der Waals surface area contributed by atoms with Crippen LogP contribution in [-0.4, -0.2) is 23.3 Å². The van der Waals surface area contributed by atoms with Crippen LogP contribution in [0, 0.1) is 5.82 Å². The lowest BCUT2D eigenvalue weighted by Gasteiger charge is -2.02. The molecule has 17 heavy (non-hydrogen) atoms. The molecule has 5 nitrogen and oxygen atoms in total. The van der Waals surface area contributed by atoms with Gasteiger partial charge in [0.05, 0.1) is 6.20 Å². The Labute approximate surface area is 100 Å². The van der Waals surface area contributed by atoms with E-state index >= 15 is 0 Å². The first kappa shape index (κ1) is 11.6. The van der Waals surface area contributed by atoms with E-state index in [1.807, 2.05) is 0 Å². The van der Waals surface area contributed by atoms with E-state index < -0.39 is 5.82 Å². The average molecular weight is 253 g/mol.